The topological polar surface area (TPSA) is 15.3 Å². The molecule has 2 heteroatoms. The zero-order valence-corrected chi connectivity index (χ0v) is 13.3. The van der Waals surface area contributed by atoms with Crippen LogP contribution in [0.5, 0.6) is 0 Å². The maximum absolute atomic E-state index is 3.72. The maximum Gasteiger partial charge on any atom is 0.0449 e. The molecular formula is C19H30N2. The molecule has 1 atom stereocenters. The monoisotopic (exact) mass is 286 g/mol. The van der Waals surface area contributed by atoms with Crippen LogP contribution in [-0.2, 0) is 0 Å². The summed E-state index contributed by atoms with van der Waals surface area (Å²) < 4.78 is 0. The van der Waals surface area contributed by atoms with Crippen molar-refractivity contribution in [3.05, 3.63) is 35.9 Å². The van der Waals surface area contributed by atoms with Crippen LogP contribution >= 0.6 is 0 Å². The number of hydrogen-bond donors (Lipinski definition) is 1. The van der Waals surface area contributed by atoms with Gasteiger partial charge in [0.1, 0.15) is 0 Å². The van der Waals surface area contributed by atoms with Gasteiger partial charge in [-0.3, -0.25) is 0 Å². The van der Waals surface area contributed by atoms with Gasteiger partial charge in [0.25, 0.3) is 0 Å². The van der Waals surface area contributed by atoms with Crippen molar-refractivity contribution in [2.75, 3.05) is 26.2 Å². The minimum Gasteiger partial charge on any atom is -0.309 e. The largest absolute Gasteiger partial charge is 0.309 e. The fourth-order valence-electron chi connectivity index (χ4n) is 4.01. The molecule has 21 heavy (non-hydrogen) atoms. The van der Waals surface area contributed by atoms with Gasteiger partial charge in [0.05, 0.1) is 0 Å². The molecule has 1 aliphatic carbocycles. The van der Waals surface area contributed by atoms with Crippen molar-refractivity contribution >= 4 is 0 Å². The van der Waals surface area contributed by atoms with E-state index in [1.54, 1.807) is 0 Å². The summed E-state index contributed by atoms with van der Waals surface area (Å²) in [7, 11) is 0. The van der Waals surface area contributed by atoms with Gasteiger partial charge >= 0.3 is 0 Å². The van der Waals surface area contributed by atoms with Gasteiger partial charge in [-0.2, -0.15) is 0 Å². The third-order valence-electron chi connectivity index (χ3n) is 5.25. The van der Waals surface area contributed by atoms with E-state index in [0.29, 0.717) is 6.04 Å². The normalized spacial score (nSPS) is 25.0. The number of nitrogens with zero attached hydrogens (tertiary/aromatic N) is 1. The standard InChI is InChI=1S/C19H30N2/c1-2-11-18(12-3-1)19-16-21(15-7-13-20-19)14-6-10-17-8-4-5-9-17/h1-3,11-12,17,19-20H,4-10,13-16H2. The van der Waals surface area contributed by atoms with Crippen molar-refractivity contribution in [1.29, 1.82) is 0 Å². The fourth-order valence-corrected chi connectivity index (χ4v) is 4.01. The van der Waals surface area contributed by atoms with E-state index < -0.39 is 0 Å². The minimum atomic E-state index is 0.514. The first-order chi connectivity index (χ1) is 10.4. The highest BCUT2D eigenvalue weighted by molar-refractivity contribution is 5.19. The molecule has 2 aliphatic rings. The van der Waals surface area contributed by atoms with Crippen LogP contribution in [0, 0.1) is 5.92 Å². The van der Waals surface area contributed by atoms with E-state index in [1.165, 1.54) is 70.1 Å². The quantitative estimate of drug-likeness (QED) is 0.880. The summed E-state index contributed by atoms with van der Waals surface area (Å²) >= 11 is 0. The molecule has 3 rings (SSSR count). The summed E-state index contributed by atoms with van der Waals surface area (Å²) in [6, 6.07) is 11.5. The molecule has 0 spiro atoms. The Hall–Kier alpha value is -0.860. The van der Waals surface area contributed by atoms with Crippen LogP contribution in [0.1, 0.15) is 56.6 Å². The lowest BCUT2D eigenvalue weighted by Gasteiger charge is -2.25. The highest BCUT2D eigenvalue weighted by Crippen LogP contribution is 2.28. The number of benzene rings is 1. The second kappa shape index (κ2) is 7.95. The molecule has 0 bridgehead atoms. The molecule has 1 N–H and O–H groups in total. The fraction of sp³-hybridized carbons (Fsp3) is 0.684. The summed E-state index contributed by atoms with van der Waals surface area (Å²) in [6.45, 7) is 4.88. The summed E-state index contributed by atoms with van der Waals surface area (Å²) in [5, 5.41) is 3.72. The Bertz CT molecular complexity index is 397. The zero-order chi connectivity index (χ0) is 14.3. The second-order valence-electron chi connectivity index (χ2n) is 6.86. The van der Waals surface area contributed by atoms with Crippen LogP contribution in [0.3, 0.4) is 0 Å². The molecule has 0 amide bonds. The van der Waals surface area contributed by atoms with E-state index in [4.69, 9.17) is 0 Å². The second-order valence-corrected chi connectivity index (χ2v) is 6.86. The van der Waals surface area contributed by atoms with Gasteiger partial charge in [0.15, 0.2) is 0 Å². The van der Waals surface area contributed by atoms with Gasteiger partial charge in [-0.05, 0) is 50.4 Å². The van der Waals surface area contributed by atoms with Crippen molar-refractivity contribution < 1.29 is 0 Å². The van der Waals surface area contributed by atoms with Crippen LogP contribution < -0.4 is 5.32 Å². The molecule has 1 aromatic rings. The lowest BCUT2D eigenvalue weighted by molar-refractivity contribution is 0.256. The van der Waals surface area contributed by atoms with Gasteiger partial charge in [-0.1, -0.05) is 56.0 Å². The SMILES string of the molecule is c1ccc(C2CN(CCCC3CCCC3)CCCN2)cc1. The van der Waals surface area contributed by atoms with Crippen LogP contribution in [0.15, 0.2) is 30.3 Å². The van der Waals surface area contributed by atoms with Crippen LogP contribution in [0.25, 0.3) is 0 Å². The molecule has 0 aromatic heterocycles. The van der Waals surface area contributed by atoms with Crippen LogP contribution in [0.4, 0.5) is 0 Å². The van der Waals surface area contributed by atoms with Crippen molar-refractivity contribution in [3.63, 3.8) is 0 Å². The Morgan fingerprint density at radius 2 is 1.86 bits per heavy atom. The lowest BCUT2D eigenvalue weighted by atomic mass is 10.0. The number of nitrogens with one attached hydrogen (secondary N) is 1. The summed E-state index contributed by atoms with van der Waals surface area (Å²) in [4.78, 5) is 2.69. The van der Waals surface area contributed by atoms with E-state index in [0.717, 1.165) is 12.5 Å². The van der Waals surface area contributed by atoms with Crippen molar-refractivity contribution in [2.45, 2.75) is 51.0 Å². The first kappa shape index (κ1) is 15.1. The first-order valence-electron chi connectivity index (χ1n) is 8.92. The molecular weight excluding hydrogens is 256 g/mol. The Morgan fingerprint density at radius 3 is 2.67 bits per heavy atom. The molecule has 2 nitrogen and oxygen atoms in total. The highest BCUT2D eigenvalue weighted by Gasteiger charge is 2.19. The molecule has 1 aliphatic heterocycles. The third-order valence-corrected chi connectivity index (χ3v) is 5.25. The lowest BCUT2D eigenvalue weighted by Crippen LogP contribution is -2.32. The van der Waals surface area contributed by atoms with Crippen molar-refractivity contribution in [1.82, 2.24) is 10.2 Å². The van der Waals surface area contributed by atoms with Crippen LogP contribution in [0.2, 0.25) is 0 Å². The molecule has 1 saturated carbocycles. The molecule has 2 fully saturated rings. The summed E-state index contributed by atoms with van der Waals surface area (Å²) in [5.41, 5.74) is 1.44. The minimum absolute atomic E-state index is 0.514. The van der Waals surface area contributed by atoms with Crippen LogP contribution in [-0.4, -0.2) is 31.1 Å². The number of hydrogen-bond acceptors (Lipinski definition) is 2. The smallest absolute Gasteiger partial charge is 0.0449 e. The molecule has 1 saturated heterocycles. The predicted molar refractivity (Wildman–Crippen MR) is 89.4 cm³/mol. The van der Waals surface area contributed by atoms with E-state index in [9.17, 15) is 0 Å². The van der Waals surface area contributed by atoms with E-state index in [-0.39, 0.29) is 0 Å². The van der Waals surface area contributed by atoms with E-state index in [2.05, 4.69) is 40.5 Å². The van der Waals surface area contributed by atoms with Gasteiger partial charge in [-0.25, -0.2) is 0 Å². The Balaban J connectivity index is 1.48. The average molecular weight is 286 g/mol. The Labute approximate surface area is 129 Å². The van der Waals surface area contributed by atoms with E-state index in [1.807, 2.05) is 0 Å². The molecule has 1 heterocycles. The van der Waals surface area contributed by atoms with Gasteiger partial charge < -0.3 is 10.2 Å². The highest BCUT2D eigenvalue weighted by atomic mass is 15.2. The zero-order valence-electron chi connectivity index (χ0n) is 13.3. The molecule has 1 aromatic carbocycles. The van der Waals surface area contributed by atoms with Gasteiger partial charge in [0, 0.05) is 12.6 Å². The Morgan fingerprint density at radius 1 is 1.05 bits per heavy atom. The summed E-state index contributed by atoms with van der Waals surface area (Å²) in [6.07, 6.45) is 10.1. The molecule has 0 radical (unpaired) electrons. The molecule has 116 valence electrons. The number of rotatable bonds is 5. The predicted octanol–water partition coefficient (Wildman–Crippen LogP) is 3.99. The van der Waals surface area contributed by atoms with Gasteiger partial charge in [-0.15, -0.1) is 0 Å². The van der Waals surface area contributed by atoms with E-state index >= 15 is 0 Å². The first-order valence-corrected chi connectivity index (χ1v) is 8.92. The van der Waals surface area contributed by atoms with Crippen molar-refractivity contribution in [3.8, 4) is 0 Å². The summed E-state index contributed by atoms with van der Waals surface area (Å²) in [5.74, 6) is 1.04. The molecule has 1 unspecified atom stereocenters. The van der Waals surface area contributed by atoms with Gasteiger partial charge in [0.2, 0.25) is 0 Å². The maximum atomic E-state index is 3.72. The Kier molecular flexibility index (Phi) is 5.70. The third kappa shape index (κ3) is 4.55. The average Bonchev–Trinajstić information content (AvgIpc) is 2.93. The van der Waals surface area contributed by atoms with Crippen molar-refractivity contribution in [2.24, 2.45) is 5.92 Å².